The number of para-hydroxylation sites is 2. The summed E-state index contributed by atoms with van der Waals surface area (Å²) in [6.45, 7) is 5.07. The van der Waals surface area contributed by atoms with Gasteiger partial charge < -0.3 is 9.88 Å². The van der Waals surface area contributed by atoms with Gasteiger partial charge in [0.2, 0.25) is 10.0 Å². The molecule has 0 aliphatic carbocycles. The maximum absolute atomic E-state index is 13.3. The summed E-state index contributed by atoms with van der Waals surface area (Å²) in [7, 11) is -3.60. The van der Waals surface area contributed by atoms with Gasteiger partial charge in [0.25, 0.3) is 5.91 Å². The molecule has 2 atom stereocenters. The summed E-state index contributed by atoms with van der Waals surface area (Å²) in [5.74, 6) is 1.13. The zero-order valence-corrected chi connectivity index (χ0v) is 20.6. The first-order valence-corrected chi connectivity index (χ1v) is 13.7. The van der Waals surface area contributed by atoms with Crippen molar-refractivity contribution < 1.29 is 13.2 Å². The number of imidazole rings is 1. The van der Waals surface area contributed by atoms with Gasteiger partial charge in [-0.2, -0.15) is 4.31 Å². The van der Waals surface area contributed by atoms with E-state index in [1.165, 1.54) is 0 Å². The van der Waals surface area contributed by atoms with Crippen molar-refractivity contribution in [2.24, 2.45) is 0 Å². The second-order valence-corrected chi connectivity index (χ2v) is 11.6. The number of sulfonamides is 1. The summed E-state index contributed by atoms with van der Waals surface area (Å²) in [6, 6.07) is 14.8. The highest BCUT2D eigenvalue weighted by atomic mass is 32.2. The number of carbonyl (C=O) groups is 1. The third-order valence-electron chi connectivity index (χ3n) is 7.42. The van der Waals surface area contributed by atoms with Crippen molar-refractivity contribution in [3.8, 4) is 0 Å². The summed E-state index contributed by atoms with van der Waals surface area (Å²) >= 11 is 0. The molecule has 0 spiro atoms. The number of aromatic amines is 1. The van der Waals surface area contributed by atoms with Crippen LogP contribution < -0.4 is 0 Å². The van der Waals surface area contributed by atoms with Gasteiger partial charge in [0, 0.05) is 36.7 Å². The monoisotopic (exact) mass is 480 g/mol. The van der Waals surface area contributed by atoms with Crippen molar-refractivity contribution >= 4 is 27.0 Å². The number of nitrogens with zero attached hydrogens (tertiary/aromatic N) is 3. The van der Waals surface area contributed by atoms with Crippen molar-refractivity contribution in [1.29, 1.82) is 0 Å². The summed E-state index contributed by atoms with van der Waals surface area (Å²) in [4.78, 5) is 23.3. The molecular formula is C26H32N4O3S. The SMILES string of the molecule is CC1CCCC(C)N1C(=O)c1ccc(S(=O)(=O)N2CCC(c3nc4ccccc4[nH]3)CC2)cc1. The van der Waals surface area contributed by atoms with E-state index >= 15 is 0 Å². The van der Waals surface area contributed by atoms with Gasteiger partial charge in [0.05, 0.1) is 15.9 Å². The van der Waals surface area contributed by atoms with Gasteiger partial charge in [0.15, 0.2) is 0 Å². The van der Waals surface area contributed by atoms with E-state index < -0.39 is 10.0 Å². The van der Waals surface area contributed by atoms with Gasteiger partial charge in [-0.3, -0.25) is 4.79 Å². The van der Waals surface area contributed by atoms with Crippen molar-refractivity contribution in [3.63, 3.8) is 0 Å². The van der Waals surface area contributed by atoms with E-state index in [0.29, 0.717) is 18.7 Å². The van der Waals surface area contributed by atoms with Crippen LogP contribution in [0.2, 0.25) is 0 Å². The second kappa shape index (κ2) is 9.15. The standard InChI is InChI=1S/C26H32N4O3S/c1-18-6-5-7-19(2)30(18)26(31)21-10-12-22(13-11-21)34(32,33)29-16-14-20(15-17-29)25-27-23-8-3-4-9-24(23)28-25/h3-4,8-13,18-20H,5-7,14-17H2,1-2H3,(H,27,28). The van der Waals surface area contributed by atoms with Crippen LogP contribution in [0.15, 0.2) is 53.4 Å². The van der Waals surface area contributed by atoms with E-state index in [1.54, 1.807) is 28.6 Å². The first kappa shape index (κ1) is 23.1. The Hall–Kier alpha value is -2.71. The number of piperidine rings is 2. The fourth-order valence-electron chi connectivity index (χ4n) is 5.42. The average molecular weight is 481 g/mol. The number of nitrogens with one attached hydrogen (secondary N) is 1. The molecule has 1 N–H and O–H groups in total. The first-order valence-electron chi connectivity index (χ1n) is 12.2. The molecule has 5 rings (SSSR count). The number of hydrogen-bond acceptors (Lipinski definition) is 4. The largest absolute Gasteiger partial charge is 0.342 e. The van der Waals surface area contributed by atoms with E-state index in [-0.39, 0.29) is 28.8 Å². The van der Waals surface area contributed by atoms with Gasteiger partial charge >= 0.3 is 0 Å². The highest BCUT2D eigenvalue weighted by Crippen LogP contribution is 2.31. The molecule has 7 nitrogen and oxygen atoms in total. The van der Waals surface area contributed by atoms with Crippen LogP contribution in [0.1, 0.15) is 68.1 Å². The lowest BCUT2D eigenvalue weighted by molar-refractivity contribution is 0.0510. The molecule has 0 radical (unpaired) electrons. The van der Waals surface area contributed by atoms with Gasteiger partial charge in [-0.1, -0.05) is 12.1 Å². The van der Waals surface area contributed by atoms with E-state index in [1.807, 2.05) is 29.2 Å². The quantitative estimate of drug-likeness (QED) is 0.594. The number of aromatic nitrogens is 2. The summed E-state index contributed by atoms with van der Waals surface area (Å²) in [5, 5.41) is 0. The molecule has 1 aromatic heterocycles. The lowest BCUT2D eigenvalue weighted by atomic mass is 9.96. The highest BCUT2D eigenvalue weighted by Gasteiger charge is 2.32. The lowest BCUT2D eigenvalue weighted by Crippen LogP contribution is -2.47. The van der Waals surface area contributed by atoms with Crippen LogP contribution in [0.5, 0.6) is 0 Å². The number of benzene rings is 2. The van der Waals surface area contributed by atoms with Gasteiger partial charge in [-0.25, -0.2) is 13.4 Å². The Morgan fingerprint density at radius 1 is 0.941 bits per heavy atom. The number of likely N-dealkylation sites (tertiary alicyclic amines) is 1. The van der Waals surface area contributed by atoms with Gasteiger partial charge in [-0.15, -0.1) is 0 Å². The van der Waals surface area contributed by atoms with E-state index in [9.17, 15) is 13.2 Å². The predicted octanol–water partition coefficient (Wildman–Crippen LogP) is 4.53. The van der Waals surface area contributed by atoms with Crippen LogP contribution >= 0.6 is 0 Å². The summed E-state index contributed by atoms with van der Waals surface area (Å²) in [6.07, 6.45) is 4.59. The fourth-order valence-corrected chi connectivity index (χ4v) is 6.89. The summed E-state index contributed by atoms with van der Waals surface area (Å²) in [5.41, 5.74) is 2.49. The smallest absolute Gasteiger partial charge is 0.254 e. The van der Waals surface area contributed by atoms with Crippen LogP contribution in [0.3, 0.4) is 0 Å². The van der Waals surface area contributed by atoms with Crippen molar-refractivity contribution in [2.45, 2.75) is 68.8 Å². The Labute approximate surface area is 201 Å². The normalized spacial score (nSPS) is 22.8. The molecule has 3 heterocycles. The van der Waals surface area contributed by atoms with Crippen LogP contribution in [-0.2, 0) is 10.0 Å². The molecule has 2 aromatic carbocycles. The molecule has 2 unspecified atom stereocenters. The second-order valence-electron chi connectivity index (χ2n) is 9.68. The predicted molar refractivity (Wildman–Crippen MR) is 132 cm³/mol. The number of rotatable bonds is 4. The van der Waals surface area contributed by atoms with Crippen molar-refractivity contribution in [2.75, 3.05) is 13.1 Å². The molecule has 0 bridgehead atoms. The van der Waals surface area contributed by atoms with Gasteiger partial charge in [0.1, 0.15) is 5.82 Å². The maximum atomic E-state index is 13.3. The number of carbonyl (C=O) groups excluding carboxylic acids is 1. The molecule has 8 heteroatoms. The minimum Gasteiger partial charge on any atom is -0.342 e. The van der Waals surface area contributed by atoms with E-state index in [0.717, 1.165) is 49.0 Å². The number of amides is 1. The molecule has 2 aliphatic rings. The third kappa shape index (κ3) is 4.25. The maximum Gasteiger partial charge on any atom is 0.254 e. The van der Waals surface area contributed by atoms with Crippen LogP contribution in [-0.4, -0.2) is 58.7 Å². The average Bonchev–Trinajstić information content (AvgIpc) is 3.28. The lowest BCUT2D eigenvalue weighted by Gasteiger charge is -2.39. The molecule has 2 fully saturated rings. The van der Waals surface area contributed by atoms with E-state index in [4.69, 9.17) is 4.98 Å². The first-order chi connectivity index (χ1) is 16.3. The molecule has 1 amide bonds. The molecular weight excluding hydrogens is 448 g/mol. The highest BCUT2D eigenvalue weighted by molar-refractivity contribution is 7.89. The Kier molecular flexibility index (Phi) is 6.20. The Morgan fingerprint density at radius 3 is 2.24 bits per heavy atom. The zero-order valence-electron chi connectivity index (χ0n) is 19.8. The molecule has 2 aliphatic heterocycles. The Balaban J connectivity index is 1.26. The Bertz CT molecular complexity index is 1230. The molecule has 0 saturated carbocycles. The minimum absolute atomic E-state index is 0.0182. The molecule has 180 valence electrons. The van der Waals surface area contributed by atoms with Crippen molar-refractivity contribution in [1.82, 2.24) is 19.2 Å². The number of fused-ring (bicyclic) bond motifs is 1. The zero-order chi connectivity index (χ0) is 23.9. The molecule has 2 saturated heterocycles. The fraction of sp³-hybridized carbons (Fsp3) is 0.462. The van der Waals surface area contributed by atoms with Crippen LogP contribution in [0.4, 0.5) is 0 Å². The molecule has 3 aromatic rings. The minimum atomic E-state index is -3.60. The Morgan fingerprint density at radius 2 is 1.59 bits per heavy atom. The number of hydrogen-bond donors (Lipinski definition) is 1. The third-order valence-corrected chi connectivity index (χ3v) is 9.33. The van der Waals surface area contributed by atoms with Crippen LogP contribution in [0.25, 0.3) is 11.0 Å². The van der Waals surface area contributed by atoms with E-state index in [2.05, 4.69) is 18.8 Å². The van der Waals surface area contributed by atoms with Gasteiger partial charge in [-0.05, 0) is 82.3 Å². The summed E-state index contributed by atoms with van der Waals surface area (Å²) < 4.78 is 28.1. The topological polar surface area (TPSA) is 86.4 Å². The number of H-pyrrole nitrogens is 1. The van der Waals surface area contributed by atoms with Crippen molar-refractivity contribution in [3.05, 3.63) is 59.9 Å². The molecule has 34 heavy (non-hydrogen) atoms. The van der Waals surface area contributed by atoms with Crippen LogP contribution in [0, 0.1) is 0 Å².